The summed E-state index contributed by atoms with van der Waals surface area (Å²) in [5.41, 5.74) is 7.38. The third-order valence-electron chi connectivity index (χ3n) is 3.81. The van der Waals surface area contributed by atoms with Crippen molar-refractivity contribution in [2.24, 2.45) is 0 Å². The lowest BCUT2D eigenvalue weighted by molar-refractivity contribution is -0.384. The number of nitro groups is 1. The van der Waals surface area contributed by atoms with Crippen molar-refractivity contribution >= 4 is 17.1 Å². The zero-order valence-electron chi connectivity index (χ0n) is 11.4. The van der Waals surface area contributed by atoms with Crippen LogP contribution in [0.15, 0.2) is 18.2 Å². The first-order chi connectivity index (χ1) is 9.02. The van der Waals surface area contributed by atoms with Gasteiger partial charge in [-0.25, -0.2) is 0 Å². The van der Waals surface area contributed by atoms with E-state index in [0.717, 1.165) is 31.7 Å². The molecular formula is C13H20N4O2. The molecule has 0 bridgehead atoms. The Morgan fingerprint density at radius 1 is 1.47 bits per heavy atom. The van der Waals surface area contributed by atoms with Gasteiger partial charge in [-0.2, -0.15) is 0 Å². The molecule has 1 aliphatic heterocycles. The number of rotatable bonds is 3. The second-order valence-corrected chi connectivity index (χ2v) is 4.99. The Labute approximate surface area is 112 Å². The lowest BCUT2D eigenvalue weighted by Crippen LogP contribution is -2.51. The minimum atomic E-state index is -0.418. The first-order valence-electron chi connectivity index (χ1n) is 6.52. The van der Waals surface area contributed by atoms with Crippen molar-refractivity contribution in [3.8, 4) is 0 Å². The van der Waals surface area contributed by atoms with Crippen LogP contribution in [0.2, 0.25) is 0 Å². The summed E-state index contributed by atoms with van der Waals surface area (Å²) < 4.78 is 0. The molecule has 0 aromatic heterocycles. The van der Waals surface area contributed by atoms with Gasteiger partial charge >= 0.3 is 0 Å². The molecule has 1 heterocycles. The van der Waals surface area contributed by atoms with Crippen LogP contribution in [0.4, 0.5) is 17.1 Å². The smallest absolute Gasteiger partial charge is 0.271 e. The van der Waals surface area contributed by atoms with Gasteiger partial charge in [0.05, 0.1) is 16.3 Å². The van der Waals surface area contributed by atoms with Gasteiger partial charge in [-0.1, -0.05) is 6.92 Å². The molecule has 1 unspecified atom stereocenters. The lowest BCUT2D eigenvalue weighted by atomic mass is 10.1. The predicted octanol–water partition coefficient (Wildman–Crippen LogP) is 1.71. The molecule has 6 heteroatoms. The molecule has 1 aliphatic rings. The van der Waals surface area contributed by atoms with Crippen LogP contribution in [-0.4, -0.2) is 42.5 Å². The van der Waals surface area contributed by atoms with E-state index in [1.807, 2.05) is 0 Å². The Bertz CT molecular complexity index is 478. The largest absolute Gasteiger partial charge is 0.397 e. The summed E-state index contributed by atoms with van der Waals surface area (Å²) in [4.78, 5) is 14.9. The number of hydrogen-bond acceptors (Lipinski definition) is 5. The Morgan fingerprint density at radius 2 is 2.21 bits per heavy atom. The Kier molecular flexibility index (Phi) is 3.90. The number of piperazine rings is 1. The summed E-state index contributed by atoms with van der Waals surface area (Å²) in [7, 11) is 2.13. The van der Waals surface area contributed by atoms with E-state index in [9.17, 15) is 10.1 Å². The Morgan fingerprint density at radius 3 is 2.79 bits per heavy atom. The maximum absolute atomic E-state index is 10.7. The zero-order valence-corrected chi connectivity index (χ0v) is 11.4. The van der Waals surface area contributed by atoms with Crippen LogP contribution in [0.3, 0.4) is 0 Å². The molecule has 0 aliphatic carbocycles. The zero-order chi connectivity index (χ0) is 14.0. The lowest BCUT2D eigenvalue weighted by Gasteiger charge is -2.40. The van der Waals surface area contributed by atoms with Crippen molar-refractivity contribution in [2.45, 2.75) is 19.4 Å². The SMILES string of the molecule is CCC1CN(c2ccc([N+](=O)[O-])cc2N)CCN1C. The summed E-state index contributed by atoms with van der Waals surface area (Å²) in [6.07, 6.45) is 1.08. The number of nitrogens with zero attached hydrogens (tertiary/aromatic N) is 3. The monoisotopic (exact) mass is 264 g/mol. The quantitative estimate of drug-likeness (QED) is 0.511. The van der Waals surface area contributed by atoms with E-state index >= 15 is 0 Å². The molecule has 0 spiro atoms. The van der Waals surface area contributed by atoms with Crippen LogP contribution >= 0.6 is 0 Å². The molecule has 2 N–H and O–H groups in total. The van der Waals surface area contributed by atoms with Crippen LogP contribution in [0, 0.1) is 10.1 Å². The molecular weight excluding hydrogens is 244 g/mol. The number of nitro benzene ring substituents is 1. The number of anilines is 2. The topological polar surface area (TPSA) is 75.6 Å². The summed E-state index contributed by atoms with van der Waals surface area (Å²) in [5, 5.41) is 10.7. The molecule has 1 aromatic carbocycles. The normalized spacial score (nSPS) is 20.5. The third-order valence-corrected chi connectivity index (χ3v) is 3.81. The average Bonchev–Trinajstić information content (AvgIpc) is 2.39. The van der Waals surface area contributed by atoms with Gasteiger partial charge in [-0.15, -0.1) is 0 Å². The van der Waals surface area contributed by atoms with Gasteiger partial charge in [0.25, 0.3) is 5.69 Å². The number of nitrogens with two attached hydrogens (primary N) is 1. The molecule has 1 fully saturated rings. The maximum Gasteiger partial charge on any atom is 0.271 e. The molecule has 1 saturated heterocycles. The van der Waals surface area contributed by atoms with E-state index in [1.54, 1.807) is 6.07 Å². The number of nitrogen functional groups attached to an aromatic ring is 1. The first kappa shape index (κ1) is 13.6. The van der Waals surface area contributed by atoms with Crippen molar-refractivity contribution in [1.82, 2.24) is 4.90 Å². The van der Waals surface area contributed by atoms with Crippen molar-refractivity contribution in [3.05, 3.63) is 28.3 Å². The van der Waals surface area contributed by atoms with Crippen molar-refractivity contribution in [3.63, 3.8) is 0 Å². The average molecular weight is 264 g/mol. The second-order valence-electron chi connectivity index (χ2n) is 4.99. The molecule has 0 saturated carbocycles. The molecule has 2 rings (SSSR count). The van der Waals surface area contributed by atoms with Crippen molar-refractivity contribution in [2.75, 3.05) is 37.3 Å². The highest BCUT2D eigenvalue weighted by molar-refractivity contribution is 5.70. The summed E-state index contributed by atoms with van der Waals surface area (Å²) >= 11 is 0. The standard InChI is InChI=1S/C13H20N4O2/c1-3-10-9-16(7-6-15(10)2)13-5-4-11(17(18)19)8-12(13)14/h4-5,8,10H,3,6-7,9,14H2,1-2H3. The fourth-order valence-electron chi connectivity index (χ4n) is 2.55. The minimum absolute atomic E-state index is 0.0439. The summed E-state index contributed by atoms with van der Waals surface area (Å²) in [6.45, 7) is 4.96. The van der Waals surface area contributed by atoms with Crippen LogP contribution in [0.1, 0.15) is 13.3 Å². The van der Waals surface area contributed by atoms with Gasteiger partial charge in [-0.05, 0) is 19.5 Å². The van der Waals surface area contributed by atoms with Gasteiger partial charge in [0.15, 0.2) is 0 Å². The van der Waals surface area contributed by atoms with Crippen LogP contribution in [0.5, 0.6) is 0 Å². The molecule has 1 aromatic rings. The van der Waals surface area contributed by atoms with E-state index in [-0.39, 0.29) is 5.69 Å². The molecule has 104 valence electrons. The first-order valence-corrected chi connectivity index (χ1v) is 6.52. The van der Waals surface area contributed by atoms with Gasteiger partial charge in [0.2, 0.25) is 0 Å². The highest BCUT2D eigenvalue weighted by Gasteiger charge is 2.24. The van der Waals surface area contributed by atoms with E-state index in [1.165, 1.54) is 12.1 Å². The van der Waals surface area contributed by atoms with E-state index < -0.39 is 4.92 Å². The number of hydrogen-bond donors (Lipinski definition) is 1. The Hall–Kier alpha value is -1.82. The van der Waals surface area contributed by atoms with E-state index in [0.29, 0.717) is 11.7 Å². The van der Waals surface area contributed by atoms with Crippen molar-refractivity contribution < 1.29 is 4.92 Å². The van der Waals surface area contributed by atoms with Gasteiger partial charge in [0, 0.05) is 37.8 Å². The van der Waals surface area contributed by atoms with Crippen LogP contribution < -0.4 is 10.6 Å². The molecule has 1 atom stereocenters. The van der Waals surface area contributed by atoms with Crippen LogP contribution in [0.25, 0.3) is 0 Å². The molecule has 0 radical (unpaired) electrons. The van der Waals surface area contributed by atoms with E-state index in [2.05, 4.69) is 23.8 Å². The minimum Gasteiger partial charge on any atom is -0.397 e. The summed E-state index contributed by atoms with van der Waals surface area (Å²) in [5.74, 6) is 0. The van der Waals surface area contributed by atoms with Gasteiger partial charge < -0.3 is 10.6 Å². The molecule has 6 nitrogen and oxygen atoms in total. The van der Waals surface area contributed by atoms with Crippen molar-refractivity contribution in [1.29, 1.82) is 0 Å². The predicted molar refractivity (Wildman–Crippen MR) is 76.4 cm³/mol. The maximum atomic E-state index is 10.7. The number of likely N-dealkylation sites (N-methyl/N-ethyl adjacent to an activating group) is 1. The van der Waals surface area contributed by atoms with Gasteiger partial charge in [0.1, 0.15) is 0 Å². The Balaban J connectivity index is 2.20. The molecule has 0 amide bonds. The number of benzene rings is 1. The van der Waals surface area contributed by atoms with Crippen LogP contribution in [-0.2, 0) is 0 Å². The fourth-order valence-corrected chi connectivity index (χ4v) is 2.55. The number of non-ortho nitro benzene ring substituents is 1. The highest BCUT2D eigenvalue weighted by atomic mass is 16.6. The fraction of sp³-hybridized carbons (Fsp3) is 0.538. The molecule has 19 heavy (non-hydrogen) atoms. The van der Waals surface area contributed by atoms with E-state index in [4.69, 9.17) is 5.73 Å². The second kappa shape index (κ2) is 5.44. The summed E-state index contributed by atoms with van der Waals surface area (Å²) in [6, 6.07) is 5.22. The highest BCUT2D eigenvalue weighted by Crippen LogP contribution is 2.29. The third kappa shape index (κ3) is 2.78. The van der Waals surface area contributed by atoms with Gasteiger partial charge in [-0.3, -0.25) is 15.0 Å².